The third-order valence-corrected chi connectivity index (χ3v) is 7.79. The Kier molecular flexibility index (Phi) is 4.93. The van der Waals surface area contributed by atoms with E-state index in [-0.39, 0.29) is 18.3 Å². The van der Waals surface area contributed by atoms with Gasteiger partial charge in [-0.25, -0.2) is 0 Å². The van der Waals surface area contributed by atoms with E-state index in [1.54, 1.807) is 12.7 Å². The number of aromatic hydroxyl groups is 1. The maximum Gasteiger partial charge on any atom is 0.302 e. The van der Waals surface area contributed by atoms with Crippen molar-refractivity contribution in [2.24, 2.45) is 17.3 Å². The summed E-state index contributed by atoms with van der Waals surface area (Å²) in [5, 5.41) is 10.5. The number of aryl methyl sites for hydroxylation is 1. The molecule has 0 heterocycles. The molecule has 0 bridgehead atoms. The lowest BCUT2D eigenvalue weighted by molar-refractivity contribution is -0.142. The summed E-state index contributed by atoms with van der Waals surface area (Å²) < 4.78 is 10.9. The number of ether oxygens (including phenoxy) is 2. The van der Waals surface area contributed by atoms with Crippen molar-refractivity contribution >= 4 is 5.97 Å². The quantitative estimate of drug-likeness (QED) is 0.568. The van der Waals surface area contributed by atoms with Gasteiger partial charge in [0.15, 0.2) is 11.5 Å². The van der Waals surface area contributed by atoms with Crippen molar-refractivity contribution in [1.82, 2.24) is 0 Å². The van der Waals surface area contributed by atoms with Crippen LogP contribution in [0.5, 0.6) is 11.5 Å². The standard InChI is InChI=1S/C24H32O4/c1-5-16-7-9-20-17-8-6-15-12-21(26)23(27-4)19(13-28-14(2)25)22(15)18(17)10-11-24(16,20)3/h7,12,17-18,20,26H,5-6,8-11,13H2,1-4H3/t17-,18+,20+,24-/m1/s1. The van der Waals surface area contributed by atoms with Crippen LogP contribution in [0.15, 0.2) is 17.7 Å². The van der Waals surface area contributed by atoms with Crippen LogP contribution in [0.3, 0.4) is 0 Å². The Morgan fingerprint density at radius 1 is 1.36 bits per heavy atom. The number of esters is 1. The Labute approximate surface area is 167 Å². The normalized spacial score (nSPS) is 30.7. The molecule has 1 fully saturated rings. The number of phenols is 1. The third-order valence-electron chi connectivity index (χ3n) is 7.79. The Morgan fingerprint density at radius 3 is 2.82 bits per heavy atom. The van der Waals surface area contributed by atoms with Gasteiger partial charge in [0.05, 0.1) is 7.11 Å². The lowest BCUT2D eigenvalue weighted by Crippen LogP contribution is -2.41. The van der Waals surface area contributed by atoms with Crippen molar-refractivity contribution in [3.63, 3.8) is 0 Å². The minimum atomic E-state index is -0.310. The molecule has 0 aromatic heterocycles. The van der Waals surface area contributed by atoms with Crippen molar-refractivity contribution in [3.05, 3.63) is 34.4 Å². The molecule has 0 spiro atoms. The minimum Gasteiger partial charge on any atom is -0.504 e. The highest BCUT2D eigenvalue weighted by Crippen LogP contribution is 2.62. The molecule has 1 saturated carbocycles. The summed E-state index contributed by atoms with van der Waals surface area (Å²) in [6, 6.07) is 1.87. The molecule has 0 saturated heterocycles. The average molecular weight is 385 g/mol. The number of rotatable bonds is 4. The van der Waals surface area contributed by atoms with E-state index in [0.29, 0.717) is 28.9 Å². The molecule has 4 rings (SSSR count). The molecule has 4 heteroatoms. The number of carbonyl (C=O) groups excluding carboxylic acids is 1. The van der Waals surface area contributed by atoms with Crippen molar-refractivity contribution in [2.75, 3.05) is 7.11 Å². The highest BCUT2D eigenvalue weighted by molar-refractivity contribution is 5.66. The summed E-state index contributed by atoms with van der Waals surface area (Å²) in [5.74, 6) is 2.08. The van der Waals surface area contributed by atoms with Gasteiger partial charge in [0.1, 0.15) is 6.61 Å². The minimum absolute atomic E-state index is 0.151. The smallest absolute Gasteiger partial charge is 0.302 e. The van der Waals surface area contributed by atoms with Gasteiger partial charge < -0.3 is 14.6 Å². The van der Waals surface area contributed by atoms with Crippen LogP contribution < -0.4 is 4.74 Å². The van der Waals surface area contributed by atoms with Gasteiger partial charge in [-0.05, 0) is 78.9 Å². The topological polar surface area (TPSA) is 55.8 Å². The number of hydrogen-bond donors (Lipinski definition) is 1. The number of fused-ring (bicyclic) bond motifs is 5. The van der Waals surface area contributed by atoms with Crippen LogP contribution in [0.1, 0.15) is 75.5 Å². The fourth-order valence-corrected chi connectivity index (χ4v) is 6.57. The summed E-state index contributed by atoms with van der Waals surface area (Å²) in [6.07, 6.45) is 9.32. The maximum absolute atomic E-state index is 11.5. The number of hydrogen-bond acceptors (Lipinski definition) is 4. The molecule has 0 radical (unpaired) electrons. The molecule has 3 aliphatic rings. The highest BCUT2D eigenvalue weighted by atomic mass is 16.5. The predicted octanol–water partition coefficient (Wildman–Crippen LogP) is 5.27. The van der Waals surface area contributed by atoms with E-state index >= 15 is 0 Å². The van der Waals surface area contributed by atoms with Crippen LogP contribution in [-0.2, 0) is 22.6 Å². The molecule has 0 aliphatic heterocycles. The SMILES string of the molecule is CCC1=CC[C@H]2[C@@H]3CCc4cc(O)c(OC)c(COC(C)=O)c4[C@H]3CC[C@]12C. The second-order valence-electron chi connectivity index (χ2n) is 8.95. The van der Waals surface area contributed by atoms with Crippen molar-refractivity contribution in [2.45, 2.75) is 71.8 Å². The molecule has 3 aliphatic carbocycles. The molecule has 28 heavy (non-hydrogen) atoms. The number of phenolic OH excluding ortho intramolecular Hbond substituents is 1. The molecular formula is C24H32O4. The number of carbonyl (C=O) groups is 1. The van der Waals surface area contributed by atoms with E-state index in [1.807, 2.05) is 6.07 Å². The molecule has 152 valence electrons. The first-order valence-electron chi connectivity index (χ1n) is 10.6. The summed E-state index contributed by atoms with van der Waals surface area (Å²) >= 11 is 0. The lowest BCUT2D eigenvalue weighted by atomic mass is 9.54. The second-order valence-corrected chi connectivity index (χ2v) is 8.95. The van der Waals surface area contributed by atoms with Crippen molar-refractivity contribution in [1.29, 1.82) is 0 Å². The van der Waals surface area contributed by atoms with Crippen molar-refractivity contribution < 1.29 is 19.4 Å². The summed E-state index contributed by atoms with van der Waals surface area (Å²) in [5.41, 5.74) is 5.33. The molecular weight excluding hydrogens is 352 g/mol. The first kappa shape index (κ1) is 19.4. The molecule has 1 aromatic carbocycles. The average Bonchev–Trinajstić information content (AvgIpc) is 3.01. The van der Waals surface area contributed by atoms with Gasteiger partial charge in [0.25, 0.3) is 0 Å². The van der Waals surface area contributed by atoms with Gasteiger partial charge in [-0.1, -0.05) is 25.5 Å². The van der Waals surface area contributed by atoms with Crippen LogP contribution in [0.4, 0.5) is 0 Å². The molecule has 0 unspecified atom stereocenters. The van der Waals surface area contributed by atoms with Crippen LogP contribution in [0, 0.1) is 17.3 Å². The first-order chi connectivity index (χ1) is 13.4. The van der Waals surface area contributed by atoms with E-state index in [0.717, 1.165) is 24.8 Å². The predicted molar refractivity (Wildman–Crippen MR) is 109 cm³/mol. The largest absolute Gasteiger partial charge is 0.504 e. The van der Waals surface area contributed by atoms with Crippen LogP contribution >= 0.6 is 0 Å². The number of allylic oxidation sites excluding steroid dienone is 2. The maximum atomic E-state index is 11.5. The van der Waals surface area contributed by atoms with Gasteiger partial charge in [0, 0.05) is 12.5 Å². The monoisotopic (exact) mass is 384 g/mol. The number of methoxy groups -OCH3 is 1. The zero-order valence-corrected chi connectivity index (χ0v) is 17.5. The zero-order valence-electron chi connectivity index (χ0n) is 17.5. The second kappa shape index (κ2) is 7.13. The van der Waals surface area contributed by atoms with E-state index in [4.69, 9.17) is 9.47 Å². The molecule has 0 amide bonds. The summed E-state index contributed by atoms with van der Waals surface area (Å²) in [4.78, 5) is 11.5. The van der Waals surface area contributed by atoms with Crippen LogP contribution in [0.2, 0.25) is 0 Å². The highest BCUT2D eigenvalue weighted by Gasteiger charge is 2.51. The fraction of sp³-hybridized carbons (Fsp3) is 0.625. The van der Waals surface area contributed by atoms with E-state index in [1.165, 1.54) is 37.3 Å². The molecule has 1 aromatic rings. The van der Waals surface area contributed by atoms with Gasteiger partial charge in [0.2, 0.25) is 0 Å². The number of benzene rings is 1. The van der Waals surface area contributed by atoms with E-state index in [2.05, 4.69) is 19.9 Å². The van der Waals surface area contributed by atoms with Crippen LogP contribution in [0.25, 0.3) is 0 Å². The first-order valence-corrected chi connectivity index (χ1v) is 10.6. The third kappa shape index (κ3) is 2.84. The van der Waals surface area contributed by atoms with Gasteiger partial charge in [-0.3, -0.25) is 4.79 Å². The lowest BCUT2D eigenvalue weighted by Gasteiger charge is -2.51. The van der Waals surface area contributed by atoms with Crippen LogP contribution in [-0.4, -0.2) is 18.2 Å². The fourth-order valence-electron chi connectivity index (χ4n) is 6.57. The Bertz CT molecular complexity index is 824. The Hall–Kier alpha value is -1.97. The van der Waals surface area contributed by atoms with Gasteiger partial charge >= 0.3 is 5.97 Å². The molecule has 4 nitrogen and oxygen atoms in total. The molecule has 1 N–H and O–H groups in total. The Balaban J connectivity index is 1.76. The van der Waals surface area contributed by atoms with Gasteiger partial charge in [-0.2, -0.15) is 0 Å². The Morgan fingerprint density at radius 2 is 2.14 bits per heavy atom. The summed E-state index contributed by atoms with van der Waals surface area (Å²) in [7, 11) is 1.57. The van der Waals surface area contributed by atoms with Gasteiger partial charge in [-0.15, -0.1) is 0 Å². The van der Waals surface area contributed by atoms with Crippen molar-refractivity contribution in [3.8, 4) is 11.5 Å². The molecule has 4 atom stereocenters. The van der Waals surface area contributed by atoms with E-state index in [9.17, 15) is 9.90 Å². The van der Waals surface area contributed by atoms with E-state index < -0.39 is 0 Å². The summed E-state index contributed by atoms with van der Waals surface area (Å²) in [6.45, 7) is 6.35. The zero-order chi connectivity index (χ0) is 20.1.